The summed E-state index contributed by atoms with van der Waals surface area (Å²) < 4.78 is 12.9. The molecule has 1 saturated heterocycles. The van der Waals surface area contributed by atoms with Gasteiger partial charge in [-0.2, -0.15) is 0 Å². The first-order valence-electron chi connectivity index (χ1n) is 8.94. The Hall–Kier alpha value is -1.91. The van der Waals surface area contributed by atoms with E-state index in [-0.39, 0.29) is 29.6 Å². The number of carbonyl (C=O) groups excluding carboxylic acids is 2. The molecule has 130 valence electrons. The zero-order valence-corrected chi connectivity index (χ0v) is 14.0. The second kappa shape index (κ2) is 7.77. The zero-order valence-electron chi connectivity index (χ0n) is 14.0. The Labute approximate surface area is 142 Å². The van der Waals surface area contributed by atoms with Gasteiger partial charge in [0.15, 0.2) is 0 Å². The fourth-order valence-corrected chi connectivity index (χ4v) is 3.64. The zero-order chi connectivity index (χ0) is 16.9. The largest absolute Gasteiger partial charge is 0.353 e. The van der Waals surface area contributed by atoms with Crippen LogP contribution in [0.3, 0.4) is 0 Å². The van der Waals surface area contributed by atoms with Gasteiger partial charge in [-0.15, -0.1) is 0 Å². The predicted octanol–water partition coefficient (Wildman–Crippen LogP) is 2.67. The summed E-state index contributed by atoms with van der Waals surface area (Å²) in [5.74, 6) is -0.413. The number of carbonyl (C=O) groups is 2. The maximum Gasteiger partial charge on any atom is 0.225 e. The Morgan fingerprint density at radius 3 is 2.58 bits per heavy atom. The quantitative estimate of drug-likeness (QED) is 0.901. The SMILES string of the molecule is O=C(NC1CCCCC1)[C@@H]1CC(=O)N(CCc2ccc(F)cc2)C1. The lowest BCUT2D eigenvalue weighted by molar-refractivity contribution is -0.129. The Morgan fingerprint density at radius 2 is 1.88 bits per heavy atom. The highest BCUT2D eigenvalue weighted by atomic mass is 19.1. The number of hydrogen-bond donors (Lipinski definition) is 1. The van der Waals surface area contributed by atoms with Crippen LogP contribution in [-0.2, 0) is 16.0 Å². The predicted molar refractivity (Wildman–Crippen MR) is 89.8 cm³/mol. The number of benzene rings is 1. The molecule has 0 aromatic heterocycles. The number of nitrogens with zero attached hydrogens (tertiary/aromatic N) is 1. The number of nitrogens with one attached hydrogen (secondary N) is 1. The highest BCUT2D eigenvalue weighted by Gasteiger charge is 2.34. The summed E-state index contributed by atoms with van der Waals surface area (Å²) in [5.41, 5.74) is 0.999. The molecule has 4 nitrogen and oxygen atoms in total. The molecule has 24 heavy (non-hydrogen) atoms. The van der Waals surface area contributed by atoms with Crippen molar-refractivity contribution in [2.45, 2.75) is 51.0 Å². The maximum absolute atomic E-state index is 12.9. The molecule has 3 rings (SSSR count). The number of likely N-dealkylation sites (tertiary alicyclic amines) is 1. The third-order valence-corrected chi connectivity index (χ3v) is 5.12. The molecular weight excluding hydrogens is 307 g/mol. The standard InChI is InChI=1S/C19H25FN2O2/c20-16-8-6-14(7-9-16)10-11-22-13-15(12-18(22)23)19(24)21-17-4-2-1-3-5-17/h6-9,15,17H,1-5,10-13H2,(H,21,24)/t15-/m1/s1. The van der Waals surface area contributed by atoms with Crippen LogP contribution < -0.4 is 5.32 Å². The Bertz CT molecular complexity index is 582. The first-order chi connectivity index (χ1) is 11.6. The van der Waals surface area contributed by atoms with Gasteiger partial charge < -0.3 is 10.2 Å². The second-order valence-electron chi connectivity index (χ2n) is 6.96. The van der Waals surface area contributed by atoms with Crippen LogP contribution in [0, 0.1) is 11.7 Å². The van der Waals surface area contributed by atoms with Crippen LogP contribution in [0.1, 0.15) is 44.1 Å². The van der Waals surface area contributed by atoms with E-state index in [1.54, 1.807) is 17.0 Å². The van der Waals surface area contributed by atoms with Crippen molar-refractivity contribution >= 4 is 11.8 Å². The van der Waals surface area contributed by atoms with Crippen LogP contribution in [0.15, 0.2) is 24.3 Å². The molecule has 1 aliphatic heterocycles. The lowest BCUT2D eigenvalue weighted by Gasteiger charge is -2.24. The van der Waals surface area contributed by atoms with Gasteiger partial charge in [-0.05, 0) is 37.0 Å². The van der Waals surface area contributed by atoms with Gasteiger partial charge >= 0.3 is 0 Å². The van der Waals surface area contributed by atoms with Crippen LogP contribution in [0.4, 0.5) is 4.39 Å². The summed E-state index contributed by atoms with van der Waals surface area (Å²) >= 11 is 0. The summed E-state index contributed by atoms with van der Waals surface area (Å²) in [4.78, 5) is 26.3. The summed E-state index contributed by atoms with van der Waals surface area (Å²) in [6.45, 7) is 1.08. The molecule has 1 saturated carbocycles. The normalized spacial score (nSPS) is 22.0. The topological polar surface area (TPSA) is 49.4 Å². The average Bonchev–Trinajstić information content (AvgIpc) is 2.96. The van der Waals surface area contributed by atoms with E-state index in [2.05, 4.69) is 5.32 Å². The lowest BCUT2D eigenvalue weighted by Crippen LogP contribution is -2.40. The van der Waals surface area contributed by atoms with Crippen molar-refractivity contribution in [1.29, 1.82) is 0 Å². The summed E-state index contributed by atoms with van der Waals surface area (Å²) in [6, 6.07) is 6.63. The van der Waals surface area contributed by atoms with Crippen molar-refractivity contribution in [3.8, 4) is 0 Å². The third-order valence-electron chi connectivity index (χ3n) is 5.12. The van der Waals surface area contributed by atoms with E-state index in [1.165, 1.54) is 31.4 Å². The highest BCUT2D eigenvalue weighted by Crippen LogP contribution is 2.21. The molecule has 2 aliphatic rings. The number of hydrogen-bond acceptors (Lipinski definition) is 2. The van der Waals surface area contributed by atoms with Crippen LogP contribution in [-0.4, -0.2) is 35.8 Å². The van der Waals surface area contributed by atoms with E-state index in [0.717, 1.165) is 18.4 Å². The Morgan fingerprint density at radius 1 is 1.17 bits per heavy atom. The molecule has 1 heterocycles. The molecule has 1 aromatic carbocycles. The van der Waals surface area contributed by atoms with Crippen molar-refractivity contribution < 1.29 is 14.0 Å². The van der Waals surface area contributed by atoms with Crippen molar-refractivity contribution in [2.75, 3.05) is 13.1 Å². The molecule has 0 radical (unpaired) electrons. The molecule has 5 heteroatoms. The number of halogens is 1. The van der Waals surface area contributed by atoms with E-state index in [9.17, 15) is 14.0 Å². The van der Waals surface area contributed by atoms with Crippen LogP contribution in [0.2, 0.25) is 0 Å². The summed E-state index contributed by atoms with van der Waals surface area (Å²) in [5, 5.41) is 3.12. The van der Waals surface area contributed by atoms with Gasteiger partial charge in [0.1, 0.15) is 5.82 Å². The van der Waals surface area contributed by atoms with E-state index in [1.807, 2.05) is 0 Å². The van der Waals surface area contributed by atoms with Gasteiger partial charge in [0.2, 0.25) is 11.8 Å². The van der Waals surface area contributed by atoms with Crippen molar-refractivity contribution in [3.05, 3.63) is 35.6 Å². The molecule has 2 amide bonds. The molecule has 2 fully saturated rings. The highest BCUT2D eigenvalue weighted by molar-refractivity contribution is 5.89. The molecule has 0 bridgehead atoms. The van der Waals surface area contributed by atoms with Gasteiger partial charge in [0, 0.05) is 25.6 Å². The van der Waals surface area contributed by atoms with Gasteiger partial charge in [-0.3, -0.25) is 9.59 Å². The number of rotatable bonds is 5. The fourth-order valence-electron chi connectivity index (χ4n) is 3.64. The van der Waals surface area contributed by atoms with E-state index in [0.29, 0.717) is 25.9 Å². The van der Waals surface area contributed by atoms with Crippen molar-refractivity contribution in [1.82, 2.24) is 10.2 Å². The minimum atomic E-state index is -0.254. The van der Waals surface area contributed by atoms with Crippen LogP contribution in [0.5, 0.6) is 0 Å². The lowest BCUT2D eigenvalue weighted by atomic mass is 9.95. The summed E-state index contributed by atoms with van der Waals surface area (Å²) in [6.07, 6.45) is 6.72. The average molecular weight is 332 g/mol. The minimum Gasteiger partial charge on any atom is -0.353 e. The molecule has 0 spiro atoms. The monoisotopic (exact) mass is 332 g/mol. The van der Waals surface area contributed by atoms with Gasteiger partial charge in [-0.25, -0.2) is 4.39 Å². The molecule has 0 unspecified atom stereocenters. The summed E-state index contributed by atoms with van der Waals surface area (Å²) in [7, 11) is 0. The van der Waals surface area contributed by atoms with Crippen molar-refractivity contribution in [2.24, 2.45) is 5.92 Å². The fraction of sp³-hybridized carbons (Fsp3) is 0.579. The van der Waals surface area contributed by atoms with Crippen LogP contribution >= 0.6 is 0 Å². The van der Waals surface area contributed by atoms with Gasteiger partial charge in [0.05, 0.1) is 5.92 Å². The molecule has 1 aliphatic carbocycles. The van der Waals surface area contributed by atoms with Crippen molar-refractivity contribution in [3.63, 3.8) is 0 Å². The maximum atomic E-state index is 12.9. The smallest absolute Gasteiger partial charge is 0.225 e. The molecule has 1 N–H and O–H groups in total. The first kappa shape index (κ1) is 16.9. The second-order valence-corrected chi connectivity index (χ2v) is 6.96. The van der Waals surface area contributed by atoms with Gasteiger partial charge in [-0.1, -0.05) is 31.4 Å². The Balaban J connectivity index is 1.47. The van der Waals surface area contributed by atoms with Crippen LogP contribution in [0.25, 0.3) is 0 Å². The van der Waals surface area contributed by atoms with E-state index in [4.69, 9.17) is 0 Å². The minimum absolute atomic E-state index is 0.0273. The van der Waals surface area contributed by atoms with Gasteiger partial charge in [0.25, 0.3) is 0 Å². The third kappa shape index (κ3) is 4.34. The van der Waals surface area contributed by atoms with E-state index < -0.39 is 0 Å². The Kier molecular flexibility index (Phi) is 5.48. The first-order valence-corrected chi connectivity index (χ1v) is 8.94. The molecular formula is C19H25FN2O2. The number of amides is 2. The van der Waals surface area contributed by atoms with E-state index >= 15 is 0 Å². The molecule has 1 aromatic rings. The molecule has 1 atom stereocenters.